The average molecular weight is 332 g/mol. The van der Waals surface area contributed by atoms with Crippen molar-refractivity contribution in [3.8, 4) is 0 Å². The number of nitrogens with zero attached hydrogens (tertiary/aromatic N) is 2. The fraction of sp³-hybridized carbons (Fsp3) is 0.750. The lowest BCUT2D eigenvalue weighted by molar-refractivity contribution is -0.119. The van der Waals surface area contributed by atoms with Gasteiger partial charge in [0.05, 0.1) is 0 Å². The van der Waals surface area contributed by atoms with Crippen LogP contribution in [0.25, 0.3) is 0 Å². The number of hydrogen-bond donors (Lipinski definition) is 2. The maximum Gasteiger partial charge on any atom is 0.247 e. The van der Waals surface area contributed by atoms with Gasteiger partial charge in [0.2, 0.25) is 11.0 Å². The number of anilines is 1. The first-order valence-corrected chi connectivity index (χ1v) is 9.64. The molecular weight excluding hydrogens is 312 g/mol. The summed E-state index contributed by atoms with van der Waals surface area (Å²) < 4.78 is 22.9. The number of sulfone groups is 1. The summed E-state index contributed by atoms with van der Waals surface area (Å²) >= 11 is 1.29. The van der Waals surface area contributed by atoms with E-state index in [-0.39, 0.29) is 12.8 Å². The molecule has 118 valence electrons. The second-order valence-electron chi connectivity index (χ2n) is 5.22. The molecule has 0 bridgehead atoms. The number of carbonyl (C=O) groups excluding carboxylic acids is 1. The van der Waals surface area contributed by atoms with E-state index in [4.69, 9.17) is 0 Å². The third-order valence-corrected chi connectivity index (χ3v) is 6.60. The van der Waals surface area contributed by atoms with E-state index in [0.29, 0.717) is 18.2 Å². The molecule has 2 rings (SSSR count). The number of amides is 1. The Bertz CT molecular complexity index is 606. The molecule has 0 radical (unpaired) electrons. The molecule has 0 spiro atoms. The quantitative estimate of drug-likeness (QED) is 0.819. The minimum absolute atomic E-state index is 0.276. The van der Waals surface area contributed by atoms with Crippen LogP contribution in [0.4, 0.5) is 5.13 Å². The number of hydrogen-bond acceptors (Lipinski definition) is 7. The molecule has 0 atom stereocenters. The summed E-state index contributed by atoms with van der Waals surface area (Å²) in [6.45, 7) is 3.06. The van der Waals surface area contributed by atoms with E-state index in [2.05, 4.69) is 20.8 Å². The van der Waals surface area contributed by atoms with Crippen LogP contribution in [0.2, 0.25) is 0 Å². The molecule has 1 fully saturated rings. The summed E-state index contributed by atoms with van der Waals surface area (Å²) in [5.41, 5.74) is 0. The molecule has 1 aromatic heterocycles. The lowest BCUT2D eigenvalue weighted by Crippen LogP contribution is -2.55. The van der Waals surface area contributed by atoms with E-state index in [1.54, 1.807) is 0 Å². The molecule has 1 saturated heterocycles. The Morgan fingerprint density at radius 3 is 2.62 bits per heavy atom. The van der Waals surface area contributed by atoms with Crippen LogP contribution in [-0.4, -0.2) is 48.6 Å². The van der Waals surface area contributed by atoms with Gasteiger partial charge in [0, 0.05) is 12.7 Å². The van der Waals surface area contributed by atoms with Crippen molar-refractivity contribution in [2.75, 3.05) is 24.7 Å². The Hall–Kier alpha value is -1.06. The second kappa shape index (κ2) is 6.37. The van der Waals surface area contributed by atoms with Crippen molar-refractivity contribution in [2.45, 2.75) is 37.4 Å². The average Bonchev–Trinajstić information content (AvgIpc) is 2.86. The summed E-state index contributed by atoms with van der Waals surface area (Å²) in [5, 5.41) is 14.8. The monoisotopic (exact) mass is 332 g/mol. The van der Waals surface area contributed by atoms with Crippen LogP contribution in [0.15, 0.2) is 0 Å². The lowest BCUT2D eigenvalue weighted by atomic mass is 9.96. The van der Waals surface area contributed by atoms with E-state index >= 15 is 0 Å². The maximum absolute atomic E-state index is 12.5. The number of piperidine rings is 1. The highest BCUT2D eigenvalue weighted by Crippen LogP contribution is 2.30. The molecule has 0 unspecified atom stereocenters. The molecule has 1 aromatic rings. The van der Waals surface area contributed by atoms with E-state index in [1.807, 2.05) is 6.92 Å². The highest BCUT2D eigenvalue weighted by atomic mass is 32.2. The van der Waals surface area contributed by atoms with Gasteiger partial charge in [0.1, 0.15) is 5.01 Å². The summed E-state index contributed by atoms with van der Waals surface area (Å²) in [7, 11) is -3.51. The van der Waals surface area contributed by atoms with Crippen molar-refractivity contribution in [2.24, 2.45) is 0 Å². The minimum Gasteiger partial charge on any atom is -0.317 e. The molecule has 0 saturated carbocycles. The van der Waals surface area contributed by atoms with Crippen LogP contribution in [0, 0.1) is 0 Å². The number of aryl methyl sites for hydroxylation is 1. The normalized spacial score (nSPS) is 18.4. The molecule has 9 heteroatoms. The molecule has 0 aromatic carbocycles. The van der Waals surface area contributed by atoms with Crippen molar-refractivity contribution in [1.82, 2.24) is 15.5 Å². The molecule has 0 aliphatic carbocycles. The second-order valence-corrected chi connectivity index (χ2v) is 8.61. The number of carbonyl (C=O) groups is 1. The Balaban J connectivity index is 2.19. The summed E-state index contributed by atoms with van der Waals surface area (Å²) in [5.74, 6) is -0.495. The number of aromatic nitrogens is 2. The Kier molecular flexibility index (Phi) is 4.95. The molecular formula is C12H20N4O3S2. The molecule has 7 nitrogen and oxygen atoms in total. The predicted molar refractivity (Wildman–Crippen MR) is 82.2 cm³/mol. The molecule has 2 N–H and O–H groups in total. The van der Waals surface area contributed by atoms with Gasteiger partial charge in [-0.3, -0.25) is 10.1 Å². The molecule has 1 aliphatic heterocycles. The molecule has 1 aliphatic rings. The minimum atomic E-state index is -3.51. The van der Waals surface area contributed by atoms with Crippen LogP contribution >= 0.6 is 11.3 Å². The zero-order valence-corrected chi connectivity index (χ0v) is 13.8. The smallest absolute Gasteiger partial charge is 0.247 e. The Labute approximate surface area is 128 Å². The van der Waals surface area contributed by atoms with Crippen molar-refractivity contribution >= 4 is 32.2 Å². The SMILES string of the molecule is CCCc1nnc(NC(=O)C2(S(C)(=O)=O)CCNCC2)s1. The third-order valence-electron chi connectivity index (χ3n) is 3.69. The van der Waals surface area contributed by atoms with Crippen molar-refractivity contribution in [3.63, 3.8) is 0 Å². The topological polar surface area (TPSA) is 101 Å². The van der Waals surface area contributed by atoms with Gasteiger partial charge >= 0.3 is 0 Å². The van der Waals surface area contributed by atoms with E-state index in [9.17, 15) is 13.2 Å². The van der Waals surface area contributed by atoms with E-state index < -0.39 is 20.5 Å². The van der Waals surface area contributed by atoms with Gasteiger partial charge in [-0.05, 0) is 32.4 Å². The van der Waals surface area contributed by atoms with Crippen LogP contribution in [0.5, 0.6) is 0 Å². The fourth-order valence-corrected chi connectivity index (χ4v) is 4.60. The van der Waals surface area contributed by atoms with Gasteiger partial charge in [0.15, 0.2) is 14.6 Å². The summed E-state index contributed by atoms with van der Waals surface area (Å²) in [6, 6.07) is 0. The van der Waals surface area contributed by atoms with Gasteiger partial charge < -0.3 is 5.32 Å². The highest BCUT2D eigenvalue weighted by molar-refractivity contribution is 7.92. The van der Waals surface area contributed by atoms with Crippen molar-refractivity contribution in [1.29, 1.82) is 0 Å². The first-order valence-electron chi connectivity index (χ1n) is 6.93. The van der Waals surface area contributed by atoms with Crippen LogP contribution in [0.1, 0.15) is 31.2 Å². The highest BCUT2D eigenvalue weighted by Gasteiger charge is 2.48. The number of nitrogens with one attached hydrogen (secondary N) is 2. The predicted octanol–water partition coefficient (Wildman–Crippen LogP) is 0.596. The van der Waals surface area contributed by atoms with Gasteiger partial charge in [-0.1, -0.05) is 18.3 Å². The summed E-state index contributed by atoms with van der Waals surface area (Å²) in [4.78, 5) is 12.5. The van der Waals surface area contributed by atoms with Gasteiger partial charge in [-0.15, -0.1) is 10.2 Å². The van der Waals surface area contributed by atoms with Crippen LogP contribution < -0.4 is 10.6 Å². The lowest BCUT2D eigenvalue weighted by Gasteiger charge is -2.33. The first kappa shape index (κ1) is 16.3. The molecule has 1 amide bonds. The zero-order chi connectivity index (χ0) is 15.5. The molecule has 2 heterocycles. The molecule has 21 heavy (non-hydrogen) atoms. The van der Waals surface area contributed by atoms with Gasteiger partial charge in [-0.25, -0.2) is 8.42 Å². The van der Waals surface area contributed by atoms with Crippen molar-refractivity contribution in [3.05, 3.63) is 5.01 Å². The fourth-order valence-electron chi connectivity index (χ4n) is 2.43. The Morgan fingerprint density at radius 2 is 2.05 bits per heavy atom. The standard InChI is InChI=1S/C12H20N4O3S2/c1-3-4-9-15-16-11(20-9)14-10(17)12(21(2,18)19)5-7-13-8-6-12/h13H,3-8H2,1-2H3,(H,14,16,17). The van der Waals surface area contributed by atoms with E-state index in [1.165, 1.54) is 11.3 Å². The third kappa shape index (κ3) is 3.41. The largest absolute Gasteiger partial charge is 0.317 e. The Morgan fingerprint density at radius 1 is 1.38 bits per heavy atom. The van der Waals surface area contributed by atoms with E-state index in [0.717, 1.165) is 24.1 Å². The first-order chi connectivity index (χ1) is 9.89. The van der Waals surface area contributed by atoms with Gasteiger partial charge in [0.25, 0.3) is 0 Å². The van der Waals surface area contributed by atoms with Crippen molar-refractivity contribution < 1.29 is 13.2 Å². The number of rotatable bonds is 5. The zero-order valence-electron chi connectivity index (χ0n) is 12.2. The van der Waals surface area contributed by atoms with Crippen LogP contribution in [0.3, 0.4) is 0 Å². The summed E-state index contributed by atoms with van der Waals surface area (Å²) in [6.07, 6.45) is 3.42. The van der Waals surface area contributed by atoms with Gasteiger partial charge in [-0.2, -0.15) is 0 Å². The van der Waals surface area contributed by atoms with Crippen LogP contribution in [-0.2, 0) is 21.1 Å². The maximum atomic E-state index is 12.5.